The minimum atomic E-state index is -1.04. The first-order valence-electron chi connectivity index (χ1n) is 13.5. The molecule has 0 spiro atoms. The molecule has 4 aromatic carbocycles. The molecule has 6 aromatic rings. The van der Waals surface area contributed by atoms with E-state index in [1.54, 1.807) is 23.5 Å². The van der Waals surface area contributed by atoms with E-state index >= 15 is 0 Å². The number of fused-ring (bicyclic) bond motifs is 4. The fraction of sp³-hybridized carbons (Fsp3) is 0.121. The van der Waals surface area contributed by atoms with E-state index in [1.165, 1.54) is 24.3 Å². The van der Waals surface area contributed by atoms with Gasteiger partial charge in [-0.05, 0) is 48.5 Å². The number of benzene rings is 4. The number of ether oxygens (including phenoxy) is 1. The maximum atomic E-state index is 13.1. The second kappa shape index (κ2) is 10.4. The number of nitrogens with zero attached hydrogens (tertiary/aromatic N) is 1. The van der Waals surface area contributed by atoms with Crippen molar-refractivity contribution in [2.75, 3.05) is 36.5 Å². The largest absolute Gasteiger partial charge is 0.478 e. The lowest BCUT2D eigenvalue weighted by atomic mass is 10.0. The summed E-state index contributed by atoms with van der Waals surface area (Å²) in [5.74, 6) is -0.822. The van der Waals surface area contributed by atoms with Gasteiger partial charge in [0, 0.05) is 61.7 Å². The molecular formula is C33H24N2O6S. The third-order valence-corrected chi connectivity index (χ3v) is 8.72. The molecule has 1 saturated heterocycles. The molecule has 2 aromatic heterocycles. The van der Waals surface area contributed by atoms with Crippen LogP contribution in [0.4, 0.5) is 11.6 Å². The number of carboxylic acids is 1. The molecule has 9 heteroatoms. The number of anilines is 2. The number of para-hydroxylation sites is 1. The zero-order valence-electron chi connectivity index (χ0n) is 22.3. The molecule has 0 atom stereocenters. The molecule has 0 unspecified atom stereocenters. The van der Waals surface area contributed by atoms with Gasteiger partial charge in [0.15, 0.2) is 11.3 Å². The Balaban J connectivity index is 1.29. The molecule has 2 N–H and O–H groups in total. The van der Waals surface area contributed by atoms with Crippen molar-refractivity contribution in [2.24, 2.45) is 0 Å². The third kappa shape index (κ3) is 4.58. The number of thiophene rings is 1. The van der Waals surface area contributed by atoms with E-state index < -0.39 is 5.97 Å². The Morgan fingerprint density at radius 1 is 0.810 bits per heavy atom. The van der Waals surface area contributed by atoms with Crippen molar-refractivity contribution in [1.29, 1.82) is 0 Å². The summed E-state index contributed by atoms with van der Waals surface area (Å²) in [5, 5.41) is 14.6. The minimum Gasteiger partial charge on any atom is -0.478 e. The van der Waals surface area contributed by atoms with Gasteiger partial charge in [-0.3, -0.25) is 9.59 Å². The van der Waals surface area contributed by atoms with Gasteiger partial charge in [-0.1, -0.05) is 30.3 Å². The third-order valence-electron chi connectivity index (χ3n) is 7.50. The van der Waals surface area contributed by atoms with Gasteiger partial charge in [0.25, 0.3) is 5.91 Å². The van der Waals surface area contributed by atoms with Crippen LogP contribution in [0.1, 0.15) is 20.7 Å². The topological polar surface area (TPSA) is 109 Å². The van der Waals surface area contributed by atoms with Crippen LogP contribution in [0.15, 0.2) is 94.1 Å². The molecule has 3 heterocycles. The lowest BCUT2D eigenvalue weighted by Gasteiger charge is -2.27. The zero-order chi connectivity index (χ0) is 28.8. The molecule has 0 bridgehead atoms. The van der Waals surface area contributed by atoms with Gasteiger partial charge >= 0.3 is 5.97 Å². The van der Waals surface area contributed by atoms with Crippen LogP contribution >= 0.6 is 11.3 Å². The Kier molecular flexibility index (Phi) is 6.45. The summed E-state index contributed by atoms with van der Waals surface area (Å²) in [6.45, 7) is 2.50. The van der Waals surface area contributed by atoms with Crippen molar-refractivity contribution in [3.05, 3.63) is 106 Å². The predicted octanol–water partition coefficient (Wildman–Crippen LogP) is 6.62. The molecular weight excluding hydrogens is 552 g/mol. The van der Waals surface area contributed by atoms with E-state index in [0.29, 0.717) is 54.4 Å². The van der Waals surface area contributed by atoms with Gasteiger partial charge in [0.05, 0.1) is 24.2 Å². The Hall–Kier alpha value is -4.99. The zero-order valence-corrected chi connectivity index (χ0v) is 23.1. The van der Waals surface area contributed by atoms with E-state index in [0.717, 1.165) is 31.3 Å². The number of carboxylic acid groups (broad SMARTS) is 1. The number of hydrogen-bond acceptors (Lipinski definition) is 7. The molecule has 42 heavy (non-hydrogen) atoms. The summed E-state index contributed by atoms with van der Waals surface area (Å²) in [4.78, 5) is 39.2. The van der Waals surface area contributed by atoms with Gasteiger partial charge < -0.3 is 24.5 Å². The number of morpholine rings is 1. The number of nitrogens with one attached hydrogen (secondary N) is 1. The first kappa shape index (κ1) is 25.9. The first-order chi connectivity index (χ1) is 20.5. The van der Waals surface area contributed by atoms with Crippen LogP contribution in [0.25, 0.3) is 42.3 Å². The number of aromatic carboxylic acids is 1. The van der Waals surface area contributed by atoms with Crippen molar-refractivity contribution in [3.63, 3.8) is 0 Å². The average Bonchev–Trinajstić information content (AvgIpc) is 3.39. The fourth-order valence-corrected chi connectivity index (χ4v) is 6.58. The highest BCUT2D eigenvalue weighted by Crippen LogP contribution is 2.42. The molecule has 208 valence electrons. The molecule has 1 amide bonds. The SMILES string of the molecule is O=C(O)c1ccc(C(=O)Nc2ccc3sc4c(-c5cccc6c(=O)cc(N7CCOCC7)oc56)cccc4c3c2)cc1. The van der Waals surface area contributed by atoms with Crippen molar-refractivity contribution < 1.29 is 23.8 Å². The summed E-state index contributed by atoms with van der Waals surface area (Å²) in [6.07, 6.45) is 0. The average molecular weight is 577 g/mol. The molecule has 0 radical (unpaired) electrons. The Bertz CT molecular complexity index is 2070. The highest BCUT2D eigenvalue weighted by molar-refractivity contribution is 7.26. The predicted molar refractivity (Wildman–Crippen MR) is 165 cm³/mol. The fourth-order valence-electron chi connectivity index (χ4n) is 5.37. The first-order valence-corrected chi connectivity index (χ1v) is 14.3. The van der Waals surface area contributed by atoms with Crippen LogP contribution in [-0.2, 0) is 4.74 Å². The van der Waals surface area contributed by atoms with E-state index in [2.05, 4.69) is 5.32 Å². The van der Waals surface area contributed by atoms with E-state index in [9.17, 15) is 14.4 Å². The van der Waals surface area contributed by atoms with E-state index in [-0.39, 0.29) is 16.9 Å². The maximum Gasteiger partial charge on any atom is 0.335 e. The second-order valence-electron chi connectivity index (χ2n) is 10.1. The highest BCUT2D eigenvalue weighted by atomic mass is 32.1. The number of amides is 1. The van der Waals surface area contributed by atoms with Crippen molar-refractivity contribution in [1.82, 2.24) is 0 Å². The minimum absolute atomic E-state index is 0.0823. The van der Waals surface area contributed by atoms with Crippen molar-refractivity contribution in [2.45, 2.75) is 0 Å². The van der Waals surface area contributed by atoms with Crippen LogP contribution in [0.5, 0.6) is 0 Å². The van der Waals surface area contributed by atoms with Crippen LogP contribution in [0.3, 0.4) is 0 Å². The van der Waals surface area contributed by atoms with Crippen LogP contribution < -0.4 is 15.6 Å². The van der Waals surface area contributed by atoms with Crippen molar-refractivity contribution in [3.8, 4) is 11.1 Å². The molecule has 8 nitrogen and oxygen atoms in total. The highest BCUT2D eigenvalue weighted by Gasteiger charge is 2.19. The number of rotatable bonds is 5. The summed E-state index contributed by atoms with van der Waals surface area (Å²) in [7, 11) is 0. The molecule has 0 aliphatic carbocycles. The summed E-state index contributed by atoms with van der Waals surface area (Å²) >= 11 is 1.64. The van der Waals surface area contributed by atoms with Crippen molar-refractivity contribution >= 4 is 65.9 Å². The Morgan fingerprint density at radius 2 is 1.52 bits per heavy atom. The van der Waals surface area contributed by atoms with Gasteiger partial charge in [-0.2, -0.15) is 0 Å². The van der Waals surface area contributed by atoms with Gasteiger partial charge in [0.1, 0.15) is 5.58 Å². The van der Waals surface area contributed by atoms with E-state index in [1.807, 2.05) is 53.4 Å². The van der Waals surface area contributed by atoms with Crippen LogP contribution in [0, 0.1) is 0 Å². The molecule has 1 fully saturated rings. The maximum absolute atomic E-state index is 13.1. The lowest BCUT2D eigenvalue weighted by Crippen LogP contribution is -2.36. The van der Waals surface area contributed by atoms with Crippen LogP contribution in [0.2, 0.25) is 0 Å². The molecule has 7 rings (SSSR count). The summed E-state index contributed by atoms with van der Waals surface area (Å²) < 4.78 is 14.0. The second-order valence-corrected chi connectivity index (χ2v) is 11.1. The smallest absolute Gasteiger partial charge is 0.335 e. The Morgan fingerprint density at radius 3 is 2.29 bits per heavy atom. The summed E-state index contributed by atoms with van der Waals surface area (Å²) in [5.41, 5.74) is 3.40. The normalized spacial score (nSPS) is 13.6. The number of hydrogen-bond donors (Lipinski definition) is 2. The monoisotopic (exact) mass is 576 g/mol. The molecule has 1 aliphatic heterocycles. The lowest BCUT2D eigenvalue weighted by molar-refractivity contribution is 0.0696. The molecule has 0 saturated carbocycles. The van der Waals surface area contributed by atoms with Gasteiger partial charge in [0.2, 0.25) is 0 Å². The van der Waals surface area contributed by atoms with Crippen LogP contribution in [-0.4, -0.2) is 43.3 Å². The van der Waals surface area contributed by atoms with E-state index in [4.69, 9.17) is 14.3 Å². The quantitative estimate of drug-likeness (QED) is 0.238. The summed E-state index contributed by atoms with van der Waals surface area (Å²) in [6, 6.07) is 24.9. The van der Waals surface area contributed by atoms with Gasteiger partial charge in [-0.15, -0.1) is 11.3 Å². The number of carbonyl (C=O) groups is 2. The Labute approximate surface area is 243 Å². The van der Waals surface area contributed by atoms with Gasteiger partial charge in [-0.25, -0.2) is 4.79 Å². The number of carbonyl (C=O) groups excluding carboxylic acids is 1. The standard InChI is InChI=1S/C33H24N2O6S/c36-27-18-29(35-13-15-40-16-14-35)41-30-22(3-1-6-25(27)30)23-4-2-5-24-26-17-21(11-12-28(26)42-31(23)24)34-32(37)19-7-9-20(10-8-19)33(38)39/h1-12,17-18H,13-16H2,(H,34,37)(H,38,39). The molecule has 1 aliphatic rings.